The minimum Gasteiger partial charge on any atom is -0.354 e. The molecule has 2 fully saturated rings. The van der Waals surface area contributed by atoms with Crippen molar-refractivity contribution in [2.45, 2.75) is 25.8 Å². The Bertz CT molecular complexity index is 306. The van der Waals surface area contributed by atoms with E-state index >= 15 is 0 Å². The average molecular weight is 225 g/mol. The van der Waals surface area contributed by atoms with Crippen LogP contribution in [0, 0.1) is 5.92 Å². The zero-order valence-corrected chi connectivity index (χ0v) is 9.90. The molecule has 5 heteroatoms. The number of nitrogens with one attached hydrogen (secondary N) is 1. The molecular formula is C11H19N3O2. The van der Waals surface area contributed by atoms with Crippen LogP contribution in [0.15, 0.2) is 0 Å². The van der Waals surface area contributed by atoms with E-state index < -0.39 is 0 Å². The molecule has 2 unspecified atom stereocenters. The summed E-state index contributed by atoms with van der Waals surface area (Å²) in [6, 6.07) is 0.122. The van der Waals surface area contributed by atoms with Crippen LogP contribution in [-0.2, 0) is 4.79 Å². The highest BCUT2D eigenvalue weighted by molar-refractivity contribution is 5.84. The molecule has 5 nitrogen and oxygen atoms in total. The summed E-state index contributed by atoms with van der Waals surface area (Å²) < 4.78 is 0. The number of hydrogen-bond donors (Lipinski definition) is 1. The van der Waals surface area contributed by atoms with E-state index in [9.17, 15) is 9.59 Å². The molecule has 0 aliphatic carbocycles. The lowest BCUT2D eigenvalue weighted by atomic mass is 9.92. The molecule has 0 radical (unpaired) electrons. The third kappa shape index (κ3) is 1.74. The number of carbonyl (C=O) groups excluding carboxylic acids is 2. The third-order valence-electron chi connectivity index (χ3n) is 3.65. The smallest absolute Gasteiger partial charge is 0.320 e. The first-order valence-electron chi connectivity index (χ1n) is 5.94. The van der Waals surface area contributed by atoms with E-state index in [1.54, 1.807) is 11.9 Å². The van der Waals surface area contributed by atoms with Gasteiger partial charge in [-0.3, -0.25) is 4.79 Å². The van der Waals surface area contributed by atoms with Gasteiger partial charge in [0.05, 0.1) is 12.0 Å². The van der Waals surface area contributed by atoms with Crippen LogP contribution in [0.4, 0.5) is 4.79 Å². The number of carbonyl (C=O) groups is 2. The first kappa shape index (κ1) is 11.2. The van der Waals surface area contributed by atoms with Gasteiger partial charge in [0.25, 0.3) is 0 Å². The van der Waals surface area contributed by atoms with Gasteiger partial charge in [0.1, 0.15) is 0 Å². The Kier molecular flexibility index (Phi) is 3.03. The largest absolute Gasteiger partial charge is 0.354 e. The molecule has 2 aliphatic heterocycles. The second-order valence-electron chi connectivity index (χ2n) is 4.55. The standard InChI is InChI=1S/C11H19N3O2/c1-3-13(2)11(16)14-6-4-5-8-9(14)7-12-10(8)15/h8-9H,3-7H2,1-2H3,(H,12,15). The quantitative estimate of drug-likeness (QED) is 0.696. The van der Waals surface area contributed by atoms with Gasteiger partial charge in [0, 0.05) is 26.7 Å². The third-order valence-corrected chi connectivity index (χ3v) is 3.65. The van der Waals surface area contributed by atoms with Crippen molar-refractivity contribution in [2.24, 2.45) is 5.92 Å². The number of piperidine rings is 1. The number of urea groups is 1. The molecule has 16 heavy (non-hydrogen) atoms. The Labute approximate surface area is 95.8 Å². The lowest BCUT2D eigenvalue weighted by molar-refractivity contribution is -0.123. The first-order chi connectivity index (χ1) is 7.65. The lowest BCUT2D eigenvalue weighted by Crippen LogP contribution is -2.52. The molecule has 3 amide bonds. The van der Waals surface area contributed by atoms with Gasteiger partial charge in [-0.2, -0.15) is 0 Å². The van der Waals surface area contributed by atoms with Crippen molar-refractivity contribution >= 4 is 11.9 Å². The van der Waals surface area contributed by atoms with Gasteiger partial charge in [-0.1, -0.05) is 0 Å². The molecule has 0 aromatic heterocycles. The van der Waals surface area contributed by atoms with Crippen LogP contribution in [-0.4, -0.2) is 54.5 Å². The zero-order chi connectivity index (χ0) is 11.7. The minimum atomic E-state index is 0.0166. The molecule has 0 spiro atoms. The zero-order valence-electron chi connectivity index (χ0n) is 9.90. The molecule has 0 saturated carbocycles. The predicted molar refractivity (Wildman–Crippen MR) is 59.9 cm³/mol. The second-order valence-corrected chi connectivity index (χ2v) is 4.55. The molecule has 2 rings (SSSR count). The van der Waals surface area contributed by atoms with Crippen molar-refractivity contribution in [3.63, 3.8) is 0 Å². The van der Waals surface area contributed by atoms with Gasteiger partial charge in [-0.15, -0.1) is 0 Å². The van der Waals surface area contributed by atoms with E-state index in [1.165, 1.54) is 0 Å². The maximum Gasteiger partial charge on any atom is 0.320 e. The van der Waals surface area contributed by atoms with Crippen LogP contribution in [0.2, 0.25) is 0 Å². The summed E-state index contributed by atoms with van der Waals surface area (Å²) in [6.07, 6.45) is 1.84. The first-order valence-corrected chi connectivity index (χ1v) is 5.94. The van der Waals surface area contributed by atoms with Crippen LogP contribution < -0.4 is 5.32 Å². The summed E-state index contributed by atoms with van der Waals surface area (Å²) in [6.45, 7) is 4.05. The highest BCUT2D eigenvalue weighted by Crippen LogP contribution is 2.27. The van der Waals surface area contributed by atoms with Crippen molar-refractivity contribution < 1.29 is 9.59 Å². The number of rotatable bonds is 1. The van der Waals surface area contributed by atoms with Crippen LogP contribution >= 0.6 is 0 Å². The fraction of sp³-hybridized carbons (Fsp3) is 0.818. The number of hydrogen-bond acceptors (Lipinski definition) is 2. The van der Waals surface area contributed by atoms with Gasteiger partial charge in [-0.05, 0) is 19.8 Å². The van der Waals surface area contributed by atoms with Crippen LogP contribution in [0.1, 0.15) is 19.8 Å². The predicted octanol–water partition coefficient (Wildman–Crippen LogP) is 0.269. The summed E-state index contributed by atoms with van der Waals surface area (Å²) in [5.74, 6) is 0.129. The maximum absolute atomic E-state index is 12.1. The van der Waals surface area contributed by atoms with Gasteiger partial charge >= 0.3 is 6.03 Å². The number of fused-ring (bicyclic) bond motifs is 1. The van der Waals surface area contributed by atoms with Crippen LogP contribution in [0.25, 0.3) is 0 Å². The molecular weight excluding hydrogens is 206 g/mol. The minimum absolute atomic E-state index is 0.0166. The molecule has 2 aliphatic rings. The topological polar surface area (TPSA) is 52.7 Å². The Morgan fingerprint density at radius 3 is 3.06 bits per heavy atom. The van der Waals surface area contributed by atoms with Crippen molar-refractivity contribution in [3.8, 4) is 0 Å². The van der Waals surface area contributed by atoms with Crippen LogP contribution in [0.3, 0.4) is 0 Å². The van der Waals surface area contributed by atoms with E-state index in [0.29, 0.717) is 13.1 Å². The maximum atomic E-state index is 12.1. The summed E-state index contributed by atoms with van der Waals surface area (Å²) in [4.78, 5) is 27.2. The SMILES string of the molecule is CCN(C)C(=O)N1CCCC2C(=O)NCC21. The number of amides is 3. The monoisotopic (exact) mass is 225 g/mol. The van der Waals surface area contributed by atoms with Gasteiger partial charge in [0.2, 0.25) is 5.91 Å². The molecule has 0 aromatic carbocycles. The molecule has 0 bridgehead atoms. The summed E-state index contributed by atoms with van der Waals surface area (Å²) in [7, 11) is 1.80. The lowest BCUT2D eigenvalue weighted by Gasteiger charge is -2.37. The molecule has 2 saturated heterocycles. The molecule has 2 heterocycles. The van der Waals surface area contributed by atoms with Crippen LogP contribution in [0.5, 0.6) is 0 Å². The summed E-state index contributed by atoms with van der Waals surface area (Å²) >= 11 is 0. The molecule has 90 valence electrons. The van der Waals surface area contributed by atoms with Gasteiger partial charge in [0.15, 0.2) is 0 Å². The normalized spacial score (nSPS) is 28.6. The van der Waals surface area contributed by atoms with E-state index in [2.05, 4.69) is 5.32 Å². The van der Waals surface area contributed by atoms with E-state index in [0.717, 1.165) is 19.4 Å². The Morgan fingerprint density at radius 2 is 2.38 bits per heavy atom. The average Bonchev–Trinajstić information content (AvgIpc) is 2.69. The van der Waals surface area contributed by atoms with Gasteiger partial charge in [-0.25, -0.2) is 4.79 Å². The highest BCUT2D eigenvalue weighted by atomic mass is 16.2. The summed E-state index contributed by atoms with van der Waals surface area (Å²) in [5.41, 5.74) is 0. The summed E-state index contributed by atoms with van der Waals surface area (Å²) in [5, 5.41) is 2.85. The van der Waals surface area contributed by atoms with Crippen molar-refractivity contribution in [1.29, 1.82) is 0 Å². The Hall–Kier alpha value is -1.26. The second kappa shape index (κ2) is 4.31. The van der Waals surface area contributed by atoms with E-state index in [1.807, 2.05) is 11.8 Å². The van der Waals surface area contributed by atoms with E-state index in [4.69, 9.17) is 0 Å². The Morgan fingerprint density at radius 1 is 1.62 bits per heavy atom. The number of nitrogens with zero attached hydrogens (tertiary/aromatic N) is 2. The molecule has 1 N–H and O–H groups in total. The highest BCUT2D eigenvalue weighted by Gasteiger charge is 2.43. The fourth-order valence-corrected chi connectivity index (χ4v) is 2.54. The fourth-order valence-electron chi connectivity index (χ4n) is 2.54. The van der Waals surface area contributed by atoms with Crippen molar-refractivity contribution in [3.05, 3.63) is 0 Å². The van der Waals surface area contributed by atoms with Crippen molar-refractivity contribution in [2.75, 3.05) is 26.7 Å². The molecule has 2 atom stereocenters. The van der Waals surface area contributed by atoms with Crippen molar-refractivity contribution in [1.82, 2.24) is 15.1 Å². The number of likely N-dealkylation sites (tertiary alicyclic amines) is 1. The van der Waals surface area contributed by atoms with E-state index in [-0.39, 0.29) is 23.9 Å². The molecule has 0 aromatic rings. The Balaban J connectivity index is 2.10. The van der Waals surface area contributed by atoms with Gasteiger partial charge < -0.3 is 15.1 Å².